The third-order valence-electron chi connectivity index (χ3n) is 4.90. The number of aliphatic carboxylic acids is 1. The quantitative estimate of drug-likeness (QED) is 0.700. The summed E-state index contributed by atoms with van der Waals surface area (Å²) in [7, 11) is 0. The van der Waals surface area contributed by atoms with Crippen molar-refractivity contribution in [3.63, 3.8) is 0 Å². The smallest absolute Gasteiger partial charge is 0.307 e. The van der Waals surface area contributed by atoms with Gasteiger partial charge in [0, 0.05) is 13.1 Å². The lowest BCUT2D eigenvalue weighted by Crippen LogP contribution is -2.43. The van der Waals surface area contributed by atoms with E-state index in [0.29, 0.717) is 0 Å². The average Bonchev–Trinajstić information content (AvgIpc) is 3.07. The van der Waals surface area contributed by atoms with Gasteiger partial charge in [0.05, 0.1) is 11.8 Å². The van der Waals surface area contributed by atoms with Gasteiger partial charge in [-0.2, -0.15) is 0 Å². The van der Waals surface area contributed by atoms with E-state index in [9.17, 15) is 14.7 Å². The number of unbranched alkanes of at least 4 members (excludes halogenated alkanes) is 2. The first-order valence-corrected chi connectivity index (χ1v) is 8.30. The first-order valence-electron chi connectivity index (χ1n) is 8.30. The predicted octanol–water partition coefficient (Wildman–Crippen LogP) is 2.94. The van der Waals surface area contributed by atoms with Crippen LogP contribution in [0.2, 0.25) is 0 Å². The number of hydrogen-bond acceptors (Lipinski definition) is 2. The van der Waals surface area contributed by atoms with Crippen molar-refractivity contribution < 1.29 is 14.7 Å². The van der Waals surface area contributed by atoms with Gasteiger partial charge in [0.1, 0.15) is 0 Å². The van der Waals surface area contributed by atoms with Crippen molar-refractivity contribution in [2.75, 3.05) is 13.1 Å². The van der Waals surface area contributed by atoms with Crippen molar-refractivity contribution >= 4 is 11.9 Å². The second-order valence-electron chi connectivity index (χ2n) is 6.37. The summed E-state index contributed by atoms with van der Waals surface area (Å²) in [5.41, 5.74) is 0. The van der Waals surface area contributed by atoms with Crippen LogP contribution in [0.5, 0.6) is 0 Å². The number of nitrogens with zero attached hydrogens (tertiary/aromatic N) is 1. The van der Waals surface area contributed by atoms with E-state index in [2.05, 4.69) is 19.9 Å². The van der Waals surface area contributed by atoms with Gasteiger partial charge in [-0.15, -0.1) is 0 Å². The molecule has 0 aromatic carbocycles. The lowest BCUT2D eigenvalue weighted by atomic mass is 9.82. The molecule has 2 aliphatic rings. The number of carboxylic acids is 1. The fourth-order valence-corrected chi connectivity index (χ4v) is 3.74. The highest BCUT2D eigenvalue weighted by Crippen LogP contribution is 2.48. The Morgan fingerprint density at radius 1 is 1.05 bits per heavy atom. The van der Waals surface area contributed by atoms with Crippen LogP contribution in [-0.4, -0.2) is 35.0 Å². The zero-order chi connectivity index (χ0) is 15.4. The molecule has 2 rings (SSSR count). The van der Waals surface area contributed by atoms with Crippen LogP contribution in [0, 0.1) is 23.7 Å². The summed E-state index contributed by atoms with van der Waals surface area (Å²) in [4.78, 5) is 26.4. The molecule has 1 saturated carbocycles. The van der Waals surface area contributed by atoms with E-state index >= 15 is 0 Å². The van der Waals surface area contributed by atoms with Gasteiger partial charge in [-0.05, 0) is 31.1 Å². The van der Waals surface area contributed by atoms with E-state index in [-0.39, 0.29) is 23.7 Å². The Balaban J connectivity index is 2.11. The molecule has 1 N–H and O–H groups in total. The molecule has 0 aromatic heterocycles. The number of carboxylic acid groups (broad SMARTS) is 1. The van der Waals surface area contributed by atoms with Crippen molar-refractivity contribution in [3.8, 4) is 0 Å². The lowest BCUT2D eigenvalue weighted by Gasteiger charge is -2.31. The highest BCUT2D eigenvalue weighted by atomic mass is 16.4. The van der Waals surface area contributed by atoms with Gasteiger partial charge in [-0.3, -0.25) is 9.59 Å². The molecule has 0 saturated heterocycles. The molecule has 4 heteroatoms. The fourth-order valence-electron chi connectivity index (χ4n) is 3.74. The number of hydrogen-bond donors (Lipinski definition) is 1. The number of amides is 1. The van der Waals surface area contributed by atoms with Crippen molar-refractivity contribution in [1.29, 1.82) is 0 Å². The molecule has 0 unspecified atom stereocenters. The third-order valence-corrected chi connectivity index (χ3v) is 4.90. The molecule has 1 fully saturated rings. The summed E-state index contributed by atoms with van der Waals surface area (Å²) in [5, 5.41) is 9.48. The third kappa shape index (κ3) is 3.30. The highest BCUT2D eigenvalue weighted by molar-refractivity contribution is 5.87. The minimum atomic E-state index is -0.809. The van der Waals surface area contributed by atoms with Crippen LogP contribution in [0.15, 0.2) is 12.2 Å². The van der Waals surface area contributed by atoms with Crippen LogP contribution >= 0.6 is 0 Å². The SMILES string of the molecule is CCCCN(CCCC)C(=O)[C@@H]1[C@@H](C(=O)O)[C@H]2C=C[C@H]1C2. The monoisotopic (exact) mass is 293 g/mol. The fraction of sp³-hybridized carbons (Fsp3) is 0.765. The molecule has 0 heterocycles. The summed E-state index contributed by atoms with van der Waals surface area (Å²) >= 11 is 0. The van der Waals surface area contributed by atoms with Crippen LogP contribution in [-0.2, 0) is 9.59 Å². The number of carbonyl (C=O) groups excluding carboxylic acids is 1. The first kappa shape index (κ1) is 16.1. The molecule has 2 bridgehead atoms. The number of allylic oxidation sites excluding steroid dienone is 2. The lowest BCUT2D eigenvalue weighted by molar-refractivity contribution is -0.151. The van der Waals surface area contributed by atoms with Crippen molar-refractivity contribution in [2.45, 2.75) is 46.0 Å². The first-order chi connectivity index (χ1) is 10.1. The van der Waals surface area contributed by atoms with Gasteiger partial charge in [-0.25, -0.2) is 0 Å². The average molecular weight is 293 g/mol. The molecule has 0 radical (unpaired) electrons. The Morgan fingerprint density at radius 2 is 1.57 bits per heavy atom. The highest BCUT2D eigenvalue weighted by Gasteiger charge is 2.52. The molecule has 0 aromatic rings. The van der Waals surface area contributed by atoms with Crippen LogP contribution in [0.25, 0.3) is 0 Å². The van der Waals surface area contributed by atoms with Crippen LogP contribution < -0.4 is 0 Å². The minimum Gasteiger partial charge on any atom is -0.481 e. The van der Waals surface area contributed by atoms with Gasteiger partial charge < -0.3 is 10.0 Å². The van der Waals surface area contributed by atoms with Gasteiger partial charge in [-0.1, -0.05) is 38.8 Å². The molecular formula is C17H27NO3. The Labute approximate surface area is 127 Å². The Morgan fingerprint density at radius 3 is 2.05 bits per heavy atom. The van der Waals surface area contributed by atoms with E-state index in [1.807, 2.05) is 11.0 Å². The van der Waals surface area contributed by atoms with Gasteiger partial charge in [0.2, 0.25) is 5.91 Å². The van der Waals surface area contributed by atoms with Gasteiger partial charge in [0.15, 0.2) is 0 Å². The topological polar surface area (TPSA) is 57.6 Å². The molecule has 4 atom stereocenters. The minimum absolute atomic E-state index is 0.0562. The zero-order valence-corrected chi connectivity index (χ0v) is 13.1. The molecule has 118 valence electrons. The van der Waals surface area contributed by atoms with E-state index in [1.165, 1.54) is 0 Å². The molecule has 2 aliphatic carbocycles. The summed E-state index contributed by atoms with van der Waals surface area (Å²) in [6.45, 7) is 5.75. The Hall–Kier alpha value is -1.32. The molecular weight excluding hydrogens is 266 g/mol. The summed E-state index contributed by atoms with van der Waals surface area (Å²) < 4.78 is 0. The molecule has 21 heavy (non-hydrogen) atoms. The van der Waals surface area contributed by atoms with Crippen LogP contribution in [0.1, 0.15) is 46.0 Å². The number of rotatable bonds is 8. The standard InChI is InChI=1S/C17H27NO3/c1-3-5-9-18(10-6-4-2)16(19)14-12-7-8-13(11-12)15(14)17(20)21/h7-8,12-15H,3-6,9-11H2,1-2H3,(H,20,21)/t12-,13-,14-,15-/m0/s1. The van der Waals surface area contributed by atoms with Crippen molar-refractivity contribution in [3.05, 3.63) is 12.2 Å². The second kappa shape index (κ2) is 7.10. The maximum atomic E-state index is 12.9. The summed E-state index contributed by atoms with van der Waals surface area (Å²) in [6, 6.07) is 0. The Bertz CT molecular complexity index is 410. The predicted molar refractivity (Wildman–Crippen MR) is 81.7 cm³/mol. The van der Waals surface area contributed by atoms with Crippen LogP contribution in [0.3, 0.4) is 0 Å². The summed E-state index contributed by atoms with van der Waals surface area (Å²) in [5.74, 6) is -1.41. The number of fused-ring (bicyclic) bond motifs is 2. The van der Waals surface area contributed by atoms with Gasteiger partial charge in [0.25, 0.3) is 0 Å². The van der Waals surface area contributed by atoms with E-state index in [0.717, 1.165) is 45.2 Å². The molecule has 0 spiro atoms. The second-order valence-corrected chi connectivity index (χ2v) is 6.37. The number of carbonyl (C=O) groups is 2. The molecule has 0 aliphatic heterocycles. The zero-order valence-electron chi connectivity index (χ0n) is 13.1. The van der Waals surface area contributed by atoms with Gasteiger partial charge >= 0.3 is 5.97 Å². The van der Waals surface area contributed by atoms with Crippen molar-refractivity contribution in [2.24, 2.45) is 23.7 Å². The maximum Gasteiger partial charge on any atom is 0.307 e. The molecule has 4 nitrogen and oxygen atoms in total. The van der Waals surface area contributed by atoms with Crippen LogP contribution in [0.4, 0.5) is 0 Å². The van der Waals surface area contributed by atoms with E-state index in [4.69, 9.17) is 0 Å². The van der Waals surface area contributed by atoms with E-state index < -0.39 is 11.9 Å². The maximum absolute atomic E-state index is 12.9. The molecule has 1 amide bonds. The summed E-state index contributed by atoms with van der Waals surface area (Å²) in [6.07, 6.45) is 8.97. The Kier molecular flexibility index (Phi) is 5.43. The largest absolute Gasteiger partial charge is 0.481 e. The normalized spacial score (nSPS) is 29.8. The van der Waals surface area contributed by atoms with Crippen molar-refractivity contribution in [1.82, 2.24) is 4.90 Å². The van der Waals surface area contributed by atoms with E-state index in [1.54, 1.807) is 0 Å².